The van der Waals surface area contributed by atoms with E-state index >= 15 is 0 Å². The molecule has 0 unspecified atom stereocenters. The van der Waals surface area contributed by atoms with Crippen LogP contribution in [0, 0.1) is 0 Å². The summed E-state index contributed by atoms with van der Waals surface area (Å²) in [5.74, 6) is 0. The van der Waals surface area contributed by atoms with Gasteiger partial charge in [-0.15, -0.1) is 0 Å². The van der Waals surface area contributed by atoms with E-state index in [2.05, 4.69) is 40.4 Å². The van der Waals surface area contributed by atoms with E-state index in [-0.39, 0.29) is 20.7 Å². The third kappa shape index (κ3) is 1.08. The molecule has 1 radical (unpaired) electrons. The number of allylic oxidation sites excluding steroid dienone is 1. The Labute approximate surface area is 70.3 Å². The number of rotatable bonds is 0. The van der Waals surface area contributed by atoms with Crippen LogP contribution in [0.4, 0.5) is 0 Å². The zero-order chi connectivity index (χ0) is 6.81. The van der Waals surface area contributed by atoms with E-state index in [1.807, 2.05) is 0 Å². The normalized spacial score (nSPS) is 13.2. The van der Waals surface area contributed by atoms with Gasteiger partial charge in [-0.3, -0.25) is 0 Å². The first-order valence-corrected chi connectivity index (χ1v) is 6.40. The van der Waals surface area contributed by atoms with Crippen LogP contribution < -0.4 is 3.58 Å². The molecule has 10 heavy (non-hydrogen) atoms. The summed E-state index contributed by atoms with van der Waals surface area (Å²) in [6.07, 6.45) is 4.38. The van der Waals surface area contributed by atoms with Gasteiger partial charge in [-0.05, 0) is 0 Å². The van der Waals surface area contributed by atoms with Gasteiger partial charge < -0.3 is 0 Å². The molecular weight excluding hydrogens is 227 g/mol. The van der Waals surface area contributed by atoms with E-state index in [0.29, 0.717) is 0 Å². The molecule has 0 nitrogen and oxygen atoms in total. The van der Waals surface area contributed by atoms with Crippen molar-refractivity contribution in [3.8, 4) is 0 Å². The first kappa shape index (κ1) is 6.35. The van der Waals surface area contributed by atoms with E-state index < -0.39 is 0 Å². The molecule has 0 aromatic heterocycles. The van der Waals surface area contributed by atoms with Crippen LogP contribution in [-0.4, -0.2) is 24.7 Å². The summed E-state index contributed by atoms with van der Waals surface area (Å²) in [5, 5.41) is 0. The number of hydrogen-bond donors (Lipinski definition) is 0. The minimum atomic E-state index is -0.311. The molecule has 0 atom stereocenters. The average molecular weight is 234 g/mol. The van der Waals surface area contributed by atoms with Gasteiger partial charge in [-0.1, -0.05) is 0 Å². The van der Waals surface area contributed by atoms with Crippen molar-refractivity contribution < 1.29 is 0 Å². The Balaban J connectivity index is 2.65. The molecule has 1 heterocycles. The number of benzene rings is 1. The van der Waals surface area contributed by atoms with Gasteiger partial charge in [0.15, 0.2) is 0 Å². The van der Waals surface area contributed by atoms with E-state index in [0.717, 1.165) is 0 Å². The third-order valence-corrected chi connectivity index (χ3v) is 4.78. The Morgan fingerprint density at radius 2 is 2.00 bits per heavy atom. The Kier molecular flexibility index (Phi) is 1.72. The Hall–Kier alpha value is -0.371. The standard InChI is InChI=1S/C9H7.Sn/c1-2-6-9-7-4-3-5-8-9;/h1-7H;. The molecule has 0 N–H and O–H groups in total. The molecule has 0 spiro atoms. The fourth-order valence-electron chi connectivity index (χ4n) is 1.06. The maximum absolute atomic E-state index is 2.35. The van der Waals surface area contributed by atoms with Gasteiger partial charge in [0.1, 0.15) is 0 Å². The zero-order valence-electron chi connectivity index (χ0n) is 5.54. The number of hydrogen-bond acceptors (Lipinski definition) is 0. The molecule has 1 aromatic rings. The summed E-state index contributed by atoms with van der Waals surface area (Å²) in [6, 6.07) is 8.68. The quantitative estimate of drug-likeness (QED) is 0.583. The summed E-state index contributed by atoms with van der Waals surface area (Å²) in [7, 11) is 0. The number of fused-ring (bicyclic) bond motifs is 1. The molecule has 1 heteroatoms. The Morgan fingerprint density at radius 3 is 2.90 bits per heavy atom. The van der Waals surface area contributed by atoms with Crippen LogP contribution in [0.2, 0.25) is 0 Å². The second-order valence-electron chi connectivity index (χ2n) is 2.26. The molecule has 0 amide bonds. The van der Waals surface area contributed by atoms with Crippen LogP contribution in [0.25, 0.3) is 6.08 Å². The van der Waals surface area contributed by atoms with Gasteiger partial charge in [0.2, 0.25) is 0 Å². The van der Waals surface area contributed by atoms with Gasteiger partial charge >= 0.3 is 70.2 Å². The predicted molar refractivity (Wildman–Crippen MR) is 46.9 cm³/mol. The summed E-state index contributed by atoms with van der Waals surface area (Å²) < 4.78 is 3.96. The van der Waals surface area contributed by atoms with Gasteiger partial charge in [0, 0.05) is 0 Å². The van der Waals surface area contributed by atoms with Crippen molar-refractivity contribution in [3.63, 3.8) is 0 Å². The van der Waals surface area contributed by atoms with E-state index in [9.17, 15) is 0 Å². The van der Waals surface area contributed by atoms with Crippen LogP contribution in [0.5, 0.6) is 0 Å². The molecule has 0 aliphatic carbocycles. The maximum atomic E-state index is 2.35. The first-order chi connectivity index (χ1) is 4.97. The second kappa shape index (κ2) is 2.70. The minimum absolute atomic E-state index is 0.311. The van der Waals surface area contributed by atoms with E-state index in [4.69, 9.17) is 0 Å². The summed E-state index contributed by atoms with van der Waals surface area (Å²) in [5.41, 5.74) is 1.44. The molecule has 1 aliphatic rings. The van der Waals surface area contributed by atoms with Crippen molar-refractivity contribution in [3.05, 3.63) is 35.9 Å². The van der Waals surface area contributed by atoms with Crippen molar-refractivity contribution in [2.24, 2.45) is 0 Å². The fraction of sp³-hybridized carbons (Fsp3) is 0. The monoisotopic (exact) mass is 235 g/mol. The Morgan fingerprint density at radius 1 is 1.10 bits per heavy atom. The predicted octanol–water partition coefficient (Wildman–Crippen LogP) is 0.845. The van der Waals surface area contributed by atoms with E-state index in [1.54, 1.807) is 3.58 Å². The second-order valence-corrected chi connectivity index (χ2v) is 5.57. The molecule has 0 bridgehead atoms. The van der Waals surface area contributed by atoms with Gasteiger partial charge in [-0.2, -0.15) is 0 Å². The zero-order valence-corrected chi connectivity index (χ0v) is 8.40. The van der Waals surface area contributed by atoms with Gasteiger partial charge in [0.05, 0.1) is 0 Å². The van der Waals surface area contributed by atoms with Crippen molar-refractivity contribution in [2.45, 2.75) is 0 Å². The molecule has 0 saturated heterocycles. The third-order valence-electron chi connectivity index (χ3n) is 1.57. The fourth-order valence-corrected chi connectivity index (χ4v) is 3.63. The van der Waals surface area contributed by atoms with Crippen molar-refractivity contribution in [1.82, 2.24) is 0 Å². The van der Waals surface area contributed by atoms with Crippen molar-refractivity contribution in [1.29, 1.82) is 0 Å². The van der Waals surface area contributed by atoms with Crippen LogP contribution in [0.3, 0.4) is 0 Å². The molecular formula is C9H7Sn. The summed E-state index contributed by atoms with van der Waals surface area (Å²) >= 11 is -0.311. The average Bonchev–Trinajstić information content (AvgIpc) is 2.05. The van der Waals surface area contributed by atoms with Gasteiger partial charge in [-0.25, -0.2) is 0 Å². The summed E-state index contributed by atoms with van der Waals surface area (Å²) in [4.78, 5) is 0. The van der Waals surface area contributed by atoms with Crippen molar-refractivity contribution in [2.75, 3.05) is 0 Å². The summed E-state index contributed by atoms with van der Waals surface area (Å²) in [6.45, 7) is 0. The van der Waals surface area contributed by atoms with Crippen LogP contribution in [0.1, 0.15) is 5.56 Å². The van der Waals surface area contributed by atoms with Crippen molar-refractivity contribution >= 4 is 34.3 Å². The van der Waals surface area contributed by atoms with Gasteiger partial charge in [0.25, 0.3) is 0 Å². The molecule has 0 saturated carbocycles. The topological polar surface area (TPSA) is 0 Å². The molecule has 0 fully saturated rings. The van der Waals surface area contributed by atoms with Crippen LogP contribution in [-0.2, 0) is 0 Å². The van der Waals surface area contributed by atoms with E-state index in [1.165, 1.54) is 5.56 Å². The molecule has 1 aromatic carbocycles. The SMILES string of the molecule is C1=Cc2cccc[c]2[Sn]=[CH]1. The van der Waals surface area contributed by atoms with Crippen LogP contribution in [0.15, 0.2) is 30.3 Å². The molecule has 2 rings (SSSR count). The van der Waals surface area contributed by atoms with Crippen LogP contribution >= 0.6 is 0 Å². The Bertz CT molecular complexity index is 266. The molecule has 47 valence electrons. The first-order valence-electron chi connectivity index (χ1n) is 3.32. The molecule has 1 aliphatic heterocycles.